The van der Waals surface area contributed by atoms with E-state index >= 15 is 0 Å². The first-order valence-electron chi connectivity index (χ1n) is 4.72. The standard InChI is InChI=1S/C9H8O3.C2H6/c10-4-3-7-1-2-8-9(5-7)12-6-11-8;1-2/h1-2,4-5H,3,6H2;1-2H3. The van der Waals surface area contributed by atoms with Crippen LogP contribution in [0.2, 0.25) is 0 Å². The number of fused-ring (bicyclic) bond motifs is 1. The number of carbonyl (C=O) groups is 1. The SMILES string of the molecule is CC.O=CCc1ccc2c(c1)OCO2. The zero-order valence-electron chi connectivity index (χ0n) is 8.45. The summed E-state index contributed by atoms with van der Waals surface area (Å²) in [4.78, 5) is 10.2. The Labute approximate surface area is 83.6 Å². The predicted molar refractivity (Wildman–Crippen MR) is 53.7 cm³/mol. The first-order valence-corrected chi connectivity index (χ1v) is 4.72. The Bertz CT molecular complexity index is 307. The molecular formula is C11H14O3. The summed E-state index contributed by atoms with van der Waals surface area (Å²) in [5.41, 5.74) is 0.953. The third-order valence-electron chi connectivity index (χ3n) is 1.76. The van der Waals surface area contributed by atoms with E-state index in [4.69, 9.17) is 9.47 Å². The van der Waals surface area contributed by atoms with E-state index in [1.807, 2.05) is 32.0 Å². The molecule has 0 saturated heterocycles. The third-order valence-corrected chi connectivity index (χ3v) is 1.76. The van der Waals surface area contributed by atoms with Crippen LogP contribution in [0.15, 0.2) is 18.2 Å². The average molecular weight is 194 g/mol. The van der Waals surface area contributed by atoms with Crippen molar-refractivity contribution in [3.05, 3.63) is 23.8 Å². The molecule has 0 bridgehead atoms. The fraction of sp³-hybridized carbons (Fsp3) is 0.364. The summed E-state index contributed by atoms with van der Waals surface area (Å²) in [6, 6.07) is 5.51. The van der Waals surface area contributed by atoms with Gasteiger partial charge in [-0.15, -0.1) is 0 Å². The van der Waals surface area contributed by atoms with E-state index in [0.29, 0.717) is 6.42 Å². The molecule has 1 aliphatic heterocycles. The number of rotatable bonds is 2. The van der Waals surface area contributed by atoms with Crippen LogP contribution in [0.5, 0.6) is 11.5 Å². The van der Waals surface area contributed by atoms with Gasteiger partial charge in [0.25, 0.3) is 0 Å². The smallest absolute Gasteiger partial charge is 0.231 e. The lowest BCUT2D eigenvalue weighted by Crippen LogP contribution is -1.92. The van der Waals surface area contributed by atoms with Crippen LogP contribution in [0.4, 0.5) is 0 Å². The van der Waals surface area contributed by atoms with Gasteiger partial charge in [-0.1, -0.05) is 19.9 Å². The maximum atomic E-state index is 10.2. The zero-order valence-corrected chi connectivity index (χ0v) is 8.45. The Morgan fingerprint density at radius 2 is 2.00 bits per heavy atom. The van der Waals surface area contributed by atoms with Crippen LogP contribution in [-0.4, -0.2) is 13.1 Å². The number of ether oxygens (including phenoxy) is 2. The Kier molecular flexibility index (Phi) is 3.98. The van der Waals surface area contributed by atoms with Crippen molar-refractivity contribution in [1.82, 2.24) is 0 Å². The van der Waals surface area contributed by atoms with Gasteiger partial charge in [0, 0.05) is 6.42 Å². The van der Waals surface area contributed by atoms with Gasteiger partial charge in [-0.3, -0.25) is 0 Å². The van der Waals surface area contributed by atoms with Crippen molar-refractivity contribution < 1.29 is 14.3 Å². The fourth-order valence-corrected chi connectivity index (χ4v) is 1.16. The first-order chi connectivity index (χ1) is 6.90. The van der Waals surface area contributed by atoms with Crippen LogP contribution in [0, 0.1) is 0 Å². The van der Waals surface area contributed by atoms with Crippen molar-refractivity contribution in [3.63, 3.8) is 0 Å². The molecule has 0 N–H and O–H groups in total. The summed E-state index contributed by atoms with van der Waals surface area (Å²) in [5, 5.41) is 0. The molecular weight excluding hydrogens is 180 g/mol. The minimum atomic E-state index is 0.278. The summed E-state index contributed by atoms with van der Waals surface area (Å²) in [6.45, 7) is 4.28. The molecule has 3 heteroatoms. The second-order valence-electron chi connectivity index (χ2n) is 2.56. The quantitative estimate of drug-likeness (QED) is 0.677. The summed E-state index contributed by atoms with van der Waals surface area (Å²) >= 11 is 0. The molecule has 1 aliphatic rings. The summed E-state index contributed by atoms with van der Waals surface area (Å²) < 4.78 is 10.3. The van der Waals surface area contributed by atoms with Gasteiger partial charge in [-0.25, -0.2) is 0 Å². The highest BCUT2D eigenvalue weighted by Crippen LogP contribution is 2.32. The topological polar surface area (TPSA) is 35.5 Å². The van der Waals surface area contributed by atoms with Gasteiger partial charge in [0.1, 0.15) is 6.29 Å². The van der Waals surface area contributed by atoms with E-state index in [-0.39, 0.29) is 6.79 Å². The van der Waals surface area contributed by atoms with Gasteiger partial charge in [0.05, 0.1) is 0 Å². The maximum absolute atomic E-state index is 10.2. The molecule has 0 unspecified atom stereocenters. The molecule has 0 aromatic heterocycles. The van der Waals surface area contributed by atoms with Gasteiger partial charge in [0.2, 0.25) is 6.79 Å². The van der Waals surface area contributed by atoms with E-state index in [1.165, 1.54) is 0 Å². The molecule has 0 radical (unpaired) electrons. The lowest BCUT2D eigenvalue weighted by Gasteiger charge is -1.97. The fourth-order valence-electron chi connectivity index (χ4n) is 1.16. The van der Waals surface area contributed by atoms with Crippen LogP contribution in [0.1, 0.15) is 19.4 Å². The Morgan fingerprint density at radius 1 is 1.29 bits per heavy atom. The number of carbonyl (C=O) groups excluding carboxylic acids is 1. The molecule has 0 saturated carbocycles. The van der Waals surface area contributed by atoms with E-state index in [1.54, 1.807) is 0 Å². The van der Waals surface area contributed by atoms with Gasteiger partial charge in [0.15, 0.2) is 11.5 Å². The van der Waals surface area contributed by atoms with Gasteiger partial charge < -0.3 is 14.3 Å². The van der Waals surface area contributed by atoms with Crippen molar-refractivity contribution in [1.29, 1.82) is 0 Å². The largest absolute Gasteiger partial charge is 0.454 e. The van der Waals surface area contributed by atoms with E-state index in [2.05, 4.69) is 0 Å². The molecule has 14 heavy (non-hydrogen) atoms. The minimum Gasteiger partial charge on any atom is -0.454 e. The second-order valence-corrected chi connectivity index (χ2v) is 2.56. The van der Waals surface area contributed by atoms with Crippen molar-refractivity contribution in [2.45, 2.75) is 20.3 Å². The molecule has 76 valence electrons. The van der Waals surface area contributed by atoms with Crippen LogP contribution in [-0.2, 0) is 11.2 Å². The van der Waals surface area contributed by atoms with Gasteiger partial charge in [-0.2, -0.15) is 0 Å². The lowest BCUT2D eigenvalue weighted by atomic mass is 10.1. The van der Waals surface area contributed by atoms with Crippen molar-refractivity contribution in [3.8, 4) is 11.5 Å². The van der Waals surface area contributed by atoms with Crippen LogP contribution in [0.25, 0.3) is 0 Å². The van der Waals surface area contributed by atoms with E-state index < -0.39 is 0 Å². The molecule has 0 spiro atoms. The highest BCUT2D eigenvalue weighted by atomic mass is 16.7. The highest BCUT2D eigenvalue weighted by Gasteiger charge is 2.12. The molecule has 0 fully saturated rings. The Morgan fingerprint density at radius 3 is 2.71 bits per heavy atom. The maximum Gasteiger partial charge on any atom is 0.231 e. The van der Waals surface area contributed by atoms with Crippen molar-refractivity contribution in [2.24, 2.45) is 0 Å². The van der Waals surface area contributed by atoms with Crippen LogP contribution in [0.3, 0.4) is 0 Å². The molecule has 3 nitrogen and oxygen atoms in total. The highest BCUT2D eigenvalue weighted by molar-refractivity contribution is 5.57. The Hall–Kier alpha value is -1.51. The molecule has 0 aliphatic carbocycles. The summed E-state index contributed by atoms with van der Waals surface area (Å²) in [5.74, 6) is 1.49. The molecule has 1 heterocycles. The van der Waals surface area contributed by atoms with Gasteiger partial charge >= 0.3 is 0 Å². The monoisotopic (exact) mass is 194 g/mol. The molecule has 1 aromatic carbocycles. The normalized spacial score (nSPS) is 11.6. The van der Waals surface area contributed by atoms with Gasteiger partial charge in [-0.05, 0) is 17.7 Å². The first kappa shape index (κ1) is 10.6. The molecule has 1 aromatic rings. The van der Waals surface area contributed by atoms with Crippen LogP contribution >= 0.6 is 0 Å². The lowest BCUT2D eigenvalue weighted by molar-refractivity contribution is -0.107. The number of aldehydes is 1. The van der Waals surface area contributed by atoms with Crippen molar-refractivity contribution >= 4 is 6.29 Å². The molecule has 2 rings (SSSR count). The number of hydrogen-bond acceptors (Lipinski definition) is 3. The molecule has 0 atom stereocenters. The third kappa shape index (κ3) is 2.25. The summed E-state index contributed by atoms with van der Waals surface area (Å²) in [7, 11) is 0. The second kappa shape index (κ2) is 5.27. The van der Waals surface area contributed by atoms with Crippen LogP contribution < -0.4 is 9.47 Å². The number of hydrogen-bond donors (Lipinski definition) is 0. The average Bonchev–Trinajstić information content (AvgIpc) is 2.68. The zero-order chi connectivity index (χ0) is 10.4. The Balaban J connectivity index is 0.000000461. The number of benzene rings is 1. The minimum absolute atomic E-state index is 0.278. The van der Waals surface area contributed by atoms with Crippen molar-refractivity contribution in [2.75, 3.05) is 6.79 Å². The molecule has 0 amide bonds. The van der Waals surface area contributed by atoms with E-state index in [0.717, 1.165) is 23.3 Å². The predicted octanol–water partition coefficient (Wildman–Crippen LogP) is 2.18. The summed E-state index contributed by atoms with van der Waals surface area (Å²) in [6.07, 6.45) is 1.30. The van der Waals surface area contributed by atoms with E-state index in [9.17, 15) is 4.79 Å².